The van der Waals surface area contributed by atoms with E-state index >= 15 is 0 Å². The Bertz CT molecular complexity index is 607. The molecule has 0 unspecified atom stereocenters. The summed E-state index contributed by atoms with van der Waals surface area (Å²) in [7, 11) is 0. The third-order valence-electron chi connectivity index (χ3n) is 3.54. The molecule has 0 aromatic carbocycles. The highest BCUT2D eigenvalue weighted by atomic mass is 16.5. The molecule has 3 heterocycles. The molecule has 2 aromatic rings. The number of rotatable bonds is 4. The van der Waals surface area contributed by atoms with E-state index in [-0.39, 0.29) is 18.2 Å². The SMILES string of the molecule is C[C@@H](NC(=O)Nc1ccc(-n2cncn2)nc1)[C@@H]1CCCO1. The van der Waals surface area contributed by atoms with Gasteiger partial charge in [0.15, 0.2) is 5.82 Å². The van der Waals surface area contributed by atoms with Crippen LogP contribution in [0.5, 0.6) is 0 Å². The van der Waals surface area contributed by atoms with Crippen LogP contribution in [0.1, 0.15) is 19.8 Å². The number of amides is 2. The van der Waals surface area contributed by atoms with Gasteiger partial charge in [0.05, 0.1) is 24.0 Å². The summed E-state index contributed by atoms with van der Waals surface area (Å²) >= 11 is 0. The van der Waals surface area contributed by atoms with E-state index < -0.39 is 0 Å². The van der Waals surface area contributed by atoms with Gasteiger partial charge in [0, 0.05) is 6.61 Å². The van der Waals surface area contributed by atoms with Crippen molar-refractivity contribution >= 4 is 11.7 Å². The molecule has 0 radical (unpaired) electrons. The van der Waals surface area contributed by atoms with Crippen molar-refractivity contribution in [2.24, 2.45) is 0 Å². The van der Waals surface area contributed by atoms with Crippen LogP contribution in [0.25, 0.3) is 5.82 Å². The van der Waals surface area contributed by atoms with Crippen LogP contribution in [0.2, 0.25) is 0 Å². The Balaban J connectivity index is 1.55. The van der Waals surface area contributed by atoms with Gasteiger partial charge in [-0.25, -0.2) is 19.4 Å². The average molecular weight is 302 g/mol. The Morgan fingerprint density at radius 1 is 1.50 bits per heavy atom. The number of nitrogens with one attached hydrogen (secondary N) is 2. The Morgan fingerprint density at radius 2 is 2.41 bits per heavy atom. The Morgan fingerprint density at radius 3 is 3.05 bits per heavy atom. The van der Waals surface area contributed by atoms with Crippen molar-refractivity contribution < 1.29 is 9.53 Å². The average Bonchev–Trinajstić information content (AvgIpc) is 3.21. The summed E-state index contributed by atoms with van der Waals surface area (Å²) in [5, 5.41) is 9.63. The predicted octanol–water partition coefficient (Wildman–Crippen LogP) is 1.35. The molecule has 3 rings (SSSR count). The summed E-state index contributed by atoms with van der Waals surface area (Å²) in [5.41, 5.74) is 0.612. The van der Waals surface area contributed by atoms with Crippen molar-refractivity contribution in [3.05, 3.63) is 31.0 Å². The molecule has 116 valence electrons. The van der Waals surface area contributed by atoms with Crippen LogP contribution in [-0.4, -0.2) is 44.5 Å². The molecule has 1 aliphatic heterocycles. The summed E-state index contributed by atoms with van der Waals surface area (Å²) in [6.07, 6.45) is 6.70. The first kappa shape index (κ1) is 14.5. The van der Waals surface area contributed by atoms with Crippen LogP contribution in [0.3, 0.4) is 0 Å². The van der Waals surface area contributed by atoms with Gasteiger partial charge in [0.25, 0.3) is 0 Å². The summed E-state index contributed by atoms with van der Waals surface area (Å²) in [6, 6.07) is 3.23. The van der Waals surface area contributed by atoms with Crippen molar-refractivity contribution in [3.63, 3.8) is 0 Å². The molecule has 2 amide bonds. The zero-order valence-electron chi connectivity index (χ0n) is 12.3. The number of urea groups is 1. The number of pyridine rings is 1. The standard InChI is InChI=1S/C14H18N6O2/c1-10(12-3-2-6-22-12)18-14(21)19-11-4-5-13(16-7-11)20-9-15-8-17-20/h4-5,7-10,12H,2-3,6H2,1H3,(H2,18,19,21)/t10-,12+/m1/s1. The van der Waals surface area contributed by atoms with E-state index in [9.17, 15) is 4.79 Å². The van der Waals surface area contributed by atoms with Crippen LogP contribution in [-0.2, 0) is 4.74 Å². The first-order valence-electron chi connectivity index (χ1n) is 7.22. The van der Waals surface area contributed by atoms with E-state index in [4.69, 9.17) is 4.74 Å². The number of carbonyl (C=O) groups is 1. The molecular formula is C14H18N6O2. The fourth-order valence-electron chi connectivity index (χ4n) is 2.39. The molecule has 1 fully saturated rings. The van der Waals surface area contributed by atoms with Crippen LogP contribution in [0, 0.1) is 0 Å². The summed E-state index contributed by atoms with van der Waals surface area (Å²) in [4.78, 5) is 20.0. The molecule has 8 heteroatoms. The first-order valence-corrected chi connectivity index (χ1v) is 7.22. The van der Waals surface area contributed by atoms with Crippen molar-refractivity contribution in [3.8, 4) is 5.82 Å². The molecule has 2 aromatic heterocycles. The second-order valence-electron chi connectivity index (χ2n) is 5.18. The van der Waals surface area contributed by atoms with E-state index in [0.29, 0.717) is 11.5 Å². The summed E-state index contributed by atoms with van der Waals surface area (Å²) < 4.78 is 7.10. The third-order valence-corrected chi connectivity index (χ3v) is 3.54. The highest BCUT2D eigenvalue weighted by Crippen LogP contribution is 2.15. The topological polar surface area (TPSA) is 94.0 Å². The molecule has 0 aliphatic carbocycles. The van der Waals surface area contributed by atoms with Crippen molar-refractivity contribution in [1.82, 2.24) is 25.1 Å². The Kier molecular flexibility index (Phi) is 4.29. The third kappa shape index (κ3) is 3.40. The normalized spacial score (nSPS) is 18.9. The maximum absolute atomic E-state index is 12.0. The maximum atomic E-state index is 12.0. The fourth-order valence-corrected chi connectivity index (χ4v) is 2.39. The van der Waals surface area contributed by atoms with Gasteiger partial charge in [-0.05, 0) is 31.9 Å². The Labute approximate surface area is 127 Å². The van der Waals surface area contributed by atoms with Crippen molar-refractivity contribution in [2.45, 2.75) is 31.9 Å². The van der Waals surface area contributed by atoms with E-state index in [1.54, 1.807) is 29.3 Å². The molecule has 22 heavy (non-hydrogen) atoms. The molecule has 1 saturated heterocycles. The maximum Gasteiger partial charge on any atom is 0.319 e. The number of aromatic nitrogens is 4. The fraction of sp³-hybridized carbons (Fsp3) is 0.429. The lowest BCUT2D eigenvalue weighted by molar-refractivity contribution is 0.0868. The number of ether oxygens (including phenoxy) is 1. The highest BCUT2D eigenvalue weighted by Gasteiger charge is 2.23. The highest BCUT2D eigenvalue weighted by molar-refractivity contribution is 5.89. The zero-order chi connectivity index (χ0) is 15.4. The van der Waals surface area contributed by atoms with Crippen LogP contribution >= 0.6 is 0 Å². The molecule has 0 saturated carbocycles. The van der Waals surface area contributed by atoms with Gasteiger partial charge >= 0.3 is 6.03 Å². The predicted molar refractivity (Wildman–Crippen MR) is 79.7 cm³/mol. The minimum atomic E-state index is -0.265. The van der Waals surface area contributed by atoms with Crippen LogP contribution < -0.4 is 10.6 Å². The second kappa shape index (κ2) is 6.52. The van der Waals surface area contributed by atoms with Gasteiger partial charge in [-0.15, -0.1) is 0 Å². The molecular weight excluding hydrogens is 284 g/mol. The lowest BCUT2D eigenvalue weighted by Crippen LogP contribution is -2.43. The molecule has 1 aliphatic rings. The molecule has 2 N–H and O–H groups in total. The number of hydrogen-bond donors (Lipinski definition) is 2. The van der Waals surface area contributed by atoms with Crippen LogP contribution in [0.4, 0.5) is 10.5 Å². The minimum absolute atomic E-state index is 0.0233. The molecule has 0 bridgehead atoms. The van der Waals surface area contributed by atoms with Gasteiger partial charge in [-0.1, -0.05) is 0 Å². The van der Waals surface area contributed by atoms with Gasteiger partial charge in [-0.3, -0.25) is 0 Å². The smallest absolute Gasteiger partial charge is 0.319 e. The summed E-state index contributed by atoms with van der Waals surface area (Å²) in [6.45, 7) is 2.72. The monoisotopic (exact) mass is 302 g/mol. The van der Waals surface area contributed by atoms with Gasteiger partial charge in [0.2, 0.25) is 0 Å². The van der Waals surface area contributed by atoms with E-state index in [2.05, 4.69) is 25.7 Å². The molecule has 8 nitrogen and oxygen atoms in total. The number of hydrogen-bond acceptors (Lipinski definition) is 5. The zero-order valence-corrected chi connectivity index (χ0v) is 12.3. The first-order chi connectivity index (χ1) is 10.7. The van der Waals surface area contributed by atoms with Crippen molar-refractivity contribution in [1.29, 1.82) is 0 Å². The van der Waals surface area contributed by atoms with E-state index in [0.717, 1.165) is 19.4 Å². The van der Waals surface area contributed by atoms with Crippen molar-refractivity contribution in [2.75, 3.05) is 11.9 Å². The molecule has 2 atom stereocenters. The van der Waals surface area contributed by atoms with Gasteiger partial charge in [0.1, 0.15) is 12.7 Å². The van der Waals surface area contributed by atoms with Gasteiger partial charge < -0.3 is 15.4 Å². The second-order valence-corrected chi connectivity index (χ2v) is 5.18. The number of carbonyl (C=O) groups excluding carboxylic acids is 1. The lowest BCUT2D eigenvalue weighted by atomic mass is 10.1. The lowest BCUT2D eigenvalue weighted by Gasteiger charge is -2.20. The summed E-state index contributed by atoms with van der Waals surface area (Å²) in [5.74, 6) is 0.635. The largest absolute Gasteiger partial charge is 0.376 e. The van der Waals surface area contributed by atoms with Gasteiger partial charge in [-0.2, -0.15) is 5.10 Å². The number of anilines is 1. The van der Waals surface area contributed by atoms with E-state index in [1.165, 1.54) is 6.33 Å². The quantitative estimate of drug-likeness (QED) is 0.889. The Hall–Kier alpha value is -2.48. The van der Waals surface area contributed by atoms with E-state index in [1.807, 2.05) is 6.92 Å². The van der Waals surface area contributed by atoms with Crippen LogP contribution in [0.15, 0.2) is 31.0 Å². The minimum Gasteiger partial charge on any atom is -0.376 e. The molecule has 0 spiro atoms. The number of nitrogens with zero attached hydrogens (tertiary/aromatic N) is 4.